The maximum atomic E-state index is 12.9. The Balaban J connectivity index is 1.70. The summed E-state index contributed by atoms with van der Waals surface area (Å²) in [6, 6.07) is 11.0. The molecule has 2 aromatic rings. The van der Waals surface area contributed by atoms with E-state index in [1.165, 1.54) is 24.0 Å². The second kappa shape index (κ2) is 7.94. The molecule has 0 aromatic heterocycles. The van der Waals surface area contributed by atoms with Gasteiger partial charge in [0.15, 0.2) is 0 Å². The van der Waals surface area contributed by atoms with Gasteiger partial charge in [-0.3, -0.25) is 14.4 Å². The van der Waals surface area contributed by atoms with Crippen molar-refractivity contribution in [3.05, 3.63) is 54.1 Å². The minimum Gasteiger partial charge on any atom is -0.326 e. The van der Waals surface area contributed by atoms with E-state index >= 15 is 0 Å². The fourth-order valence-electron chi connectivity index (χ4n) is 3.11. The summed E-state index contributed by atoms with van der Waals surface area (Å²) in [7, 11) is 0. The van der Waals surface area contributed by atoms with Crippen LogP contribution in [0, 0.1) is 5.92 Å². The minimum absolute atomic E-state index is 0.0165. The summed E-state index contributed by atoms with van der Waals surface area (Å²) in [6.07, 6.45) is -4.62. The summed E-state index contributed by atoms with van der Waals surface area (Å²) < 4.78 is 38.8. The fourth-order valence-corrected chi connectivity index (χ4v) is 3.11. The van der Waals surface area contributed by atoms with Crippen molar-refractivity contribution in [2.24, 2.45) is 5.92 Å². The molecular formula is C20H18F3N3O3. The van der Waals surface area contributed by atoms with Gasteiger partial charge < -0.3 is 15.5 Å². The van der Waals surface area contributed by atoms with Crippen LogP contribution in [-0.4, -0.2) is 24.3 Å². The molecule has 3 amide bonds. The van der Waals surface area contributed by atoms with E-state index in [1.807, 2.05) is 0 Å². The number of hydrogen-bond donors (Lipinski definition) is 2. The van der Waals surface area contributed by atoms with Crippen LogP contribution in [0.4, 0.5) is 30.2 Å². The molecule has 0 spiro atoms. The van der Waals surface area contributed by atoms with Crippen molar-refractivity contribution in [3.63, 3.8) is 0 Å². The molecule has 1 unspecified atom stereocenters. The number of nitrogens with one attached hydrogen (secondary N) is 2. The van der Waals surface area contributed by atoms with Crippen LogP contribution in [0.3, 0.4) is 0 Å². The highest BCUT2D eigenvalue weighted by molar-refractivity contribution is 6.03. The molecule has 1 aliphatic rings. The first-order chi connectivity index (χ1) is 13.6. The molecule has 1 heterocycles. The first kappa shape index (κ1) is 20.4. The zero-order chi connectivity index (χ0) is 21.2. The number of benzene rings is 2. The van der Waals surface area contributed by atoms with E-state index in [2.05, 4.69) is 10.6 Å². The molecule has 152 valence electrons. The van der Waals surface area contributed by atoms with Gasteiger partial charge in [-0.2, -0.15) is 13.2 Å². The lowest BCUT2D eigenvalue weighted by atomic mass is 10.1. The van der Waals surface area contributed by atoms with E-state index in [1.54, 1.807) is 24.3 Å². The third kappa shape index (κ3) is 4.92. The van der Waals surface area contributed by atoms with Gasteiger partial charge in [0.25, 0.3) is 0 Å². The molecule has 0 radical (unpaired) electrons. The molecule has 0 saturated carbocycles. The smallest absolute Gasteiger partial charge is 0.326 e. The first-order valence-electron chi connectivity index (χ1n) is 8.79. The Morgan fingerprint density at radius 3 is 2.34 bits per heavy atom. The Kier molecular flexibility index (Phi) is 5.58. The van der Waals surface area contributed by atoms with Crippen molar-refractivity contribution in [2.75, 3.05) is 22.1 Å². The van der Waals surface area contributed by atoms with Gasteiger partial charge >= 0.3 is 6.18 Å². The van der Waals surface area contributed by atoms with Crippen LogP contribution in [-0.2, 0) is 20.6 Å². The summed E-state index contributed by atoms with van der Waals surface area (Å²) in [5.74, 6) is -1.81. The summed E-state index contributed by atoms with van der Waals surface area (Å²) in [4.78, 5) is 37.2. The van der Waals surface area contributed by atoms with Crippen molar-refractivity contribution >= 4 is 34.8 Å². The third-order valence-electron chi connectivity index (χ3n) is 4.43. The summed E-state index contributed by atoms with van der Waals surface area (Å²) in [6.45, 7) is 1.34. The zero-order valence-electron chi connectivity index (χ0n) is 15.4. The van der Waals surface area contributed by atoms with Crippen LogP contribution in [0.15, 0.2) is 48.5 Å². The van der Waals surface area contributed by atoms with Crippen molar-refractivity contribution in [1.29, 1.82) is 0 Å². The highest BCUT2D eigenvalue weighted by Crippen LogP contribution is 2.33. The molecule has 0 aliphatic carbocycles. The SMILES string of the molecule is CC(=O)Nc1cccc(NC(=O)C2CC(=O)N(c3cccc(C(F)(F)F)c3)C2)c1. The molecule has 1 fully saturated rings. The Bertz CT molecular complexity index is 959. The van der Waals surface area contributed by atoms with Crippen molar-refractivity contribution in [2.45, 2.75) is 19.5 Å². The molecule has 3 rings (SSSR count). The molecule has 2 N–H and O–H groups in total. The Labute approximate surface area is 164 Å². The highest BCUT2D eigenvalue weighted by Gasteiger charge is 2.37. The molecule has 1 atom stereocenters. The lowest BCUT2D eigenvalue weighted by Crippen LogP contribution is -2.28. The van der Waals surface area contributed by atoms with Crippen molar-refractivity contribution in [1.82, 2.24) is 0 Å². The van der Waals surface area contributed by atoms with Crippen LogP contribution in [0.25, 0.3) is 0 Å². The average Bonchev–Trinajstić information content (AvgIpc) is 3.03. The number of alkyl halides is 3. The molecule has 29 heavy (non-hydrogen) atoms. The van der Waals surface area contributed by atoms with Crippen LogP contribution >= 0.6 is 0 Å². The standard InChI is InChI=1S/C20H18F3N3O3/c1-12(27)24-15-5-3-6-16(10-15)25-19(29)13-8-18(28)26(11-13)17-7-2-4-14(9-17)20(21,22)23/h2-7,9-10,13H,8,11H2,1H3,(H,24,27)(H,25,29). The van der Waals surface area contributed by atoms with Crippen molar-refractivity contribution in [3.8, 4) is 0 Å². The molecule has 2 aromatic carbocycles. The van der Waals surface area contributed by atoms with E-state index < -0.39 is 29.5 Å². The van der Waals surface area contributed by atoms with Gasteiger partial charge in [-0.15, -0.1) is 0 Å². The van der Waals surface area contributed by atoms with Gasteiger partial charge in [-0.1, -0.05) is 12.1 Å². The Hall–Kier alpha value is -3.36. The summed E-state index contributed by atoms with van der Waals surface area (Å²) in [5, 5.41) is 5.27. The fraction of sp³-hybridized carbons (Fsp3) is 0.250. The van der Waals surface area contributed by atoms with Gasteiger partial charge in [0.2, 0.25) is 17.7 Å². The number of halogens is 3. The van der Waals surface area contributed by atoms with Crippen LogP contribution < -0.4 is 15.5 Å². The van der Waals surface area contributed by atoms with Crippen LogP contribution in [0.2, 0.25) is 0 Å². The zero-order valence-corrected chi connectivity index (χ0v) is 15.4. The predicted molar refractivity (Wildman–Crippen MR) is 101 cm³/mol. The normalized spacial score (nSPS) is 16.6. The lowest BCUT2D eigenvalue weighted by molar-refractivity contribution is -0.137. The molecule has 0 bridgehead atoms. The van der Waals surface area contributed by atoms with E-state index in [9.17, 15) is 27.6 Å². The summed E-state index contributed by atoms with van der Waals surface area (Å²) >= 11 is 0. The first-order valence-corrected chi connectivity index (χ1v) is 8.79. The summed E-state index contributed by atoms with van der Waals surface area (Å²) in [5.41, 5.74) is 0.188. The maximum absolute atomic E-state index is 12.9. The number of carbonyl (C=O) groups excluding carboxylic acids is 3. The topological polar surface area (TPSA) is 78.5 Å². The quantitative estimate of drug-likeness (QED) is 0.815. The predicted octanol–water partition coefficient (Wildman–Crippen LogP) is 3.66. The number of nitrogens with zero attached hydrogens (tertiary/aromatic N) is 1. The maximum Gasteiger partial charge on any atom is 0.416 e. The molecule has 9 heteroatoms. The number of anilines is 3. The van der Waals surface area contributed by atoms with Crippen LogP contribution in [0.1, 0.15) is 18.9 Å². The molecule has 1 aliphatic heterocycles. The average molecular weight is 405 g/mol. The minimum atomic E-state index is -4.52. The molecule has 6 nitrogen and oxygen atoms in total. The van der Waals surface area contributed by atoms with Gasteiger partial charge in [-0.05, 0) is 36.4 Å². The second-order valence-corrected chi connectivity index (χ2v) is 6.70. The Morgan fingerprint density at radius 1 is 1.03 bits per heavy atom. The van der Waals surface area contributed by atoms with Crippen molar-refractivity contribution < 1.29 is 27.6 Å². The number of carbonyl (C=O) groups is 3. The van der Waals surface area contributed by atoms with E-state index in [-0.39, 0.29) is 24.6 Å². The number of rotatable bonds is 4. The molecular weight excluding hydrogens is 387 g/mol. The number of amides is 3. The highest BCUT2D eigenvalue weighted by atomic mass is 19.4. The van der Waals surface area contributed by atoms with Gasteiger partial charge in [0.05, 0.1) is 11.5 Å². The van der Waals surface area contributed by atoms with Gasteiger partial charge in [0.1, 0.15) is 0 Å². The van der Waals surface area contributed by atoms with E-state index in [0.717, 1.165) is 12.1 Å². The molecule has 1 saturated heterocycles. The largest absolute Gasteiger partial charge is 0.416 e. The van der Waals surface area contributed by atoms with Gasteiger partial charge in [0, 0.05) is 37.0 Å². The second-order valence-electron chi connectivity index (χ2n) is 6.70. The monoisotopic (exact) mass is 405 g/mol. The van der Waals surface area contributed by atoms with Crippen LogP contribution in [0.5, 0.6) is 0 Å². The Morgan fingerprint density at radius 2 is 1.69 bits per heavy atom. The lowest BCUT2D eigenvalue weighted by Gasteiger charge is -2.18. The van der Waals surface area contributed by atoms with Gasteiger partial charge in [-0.25, -0.2) is 0 Å². The van der Waals surface area contributed by atoms with E-state index in [4.69, 9.17) is 0 Å². The van der Waals surface area contributed by atoms with E-state index in [0.29, 0.717) is 11.4 Å². The third-order valence-corrected chi connectivity index (χ3v) is 4.43. The number of hydrogen-bond acceptors (Lipinski definition) is 3.